The Hall–Kier alpha value is -2.02. The molecule has 0 aliphatic carbocycles. The summed E-state index contributed by atoms with van der Waals surface area (Å²) in [6, 6.07) is 2.77. The molecule has 1 aromatic rings. The normalized spacial score (nSPS) is 12.0. The molecule has 0 aromatic heterocycles. The van der Waals surface area contributed by atoms with Gasteiger partial charge < -0.3 is 10.4 Å². The molecule has 0 aliphatic rings. The molecular formula is C14H19FN2O4. The molecule has 6 nitrogen and oxygen atoms in total. The molecule has 0 bridgehead atoms. The summed E-state index contributed by atoms with van der Waals surface area (Å²) in [6.45, 7) is 2.30. The van der Waals surface area contributed by atoms with Crippen LogP contribution in [0, 0.1) is 21.8 Å². The number of aliphatic hydroxyl groups excluding tert-OH is 1. The number of hydrogen-bond donors (Lipinski definition) is 2. The second kappa shape index (κ2) is 8.31. The Balaban J connectivity index is 2.79. The van der Waals surface area contributed by atoms with Crippen molar-refractivity contribution >= 4 is 11.6 Å². The van der Waals surface area contributed by atoms with Crippen molar-refractivity contribution in [2.45, 2.75) is 26.2 Å². The highest BCUT2D eigenvalue weighted by Gasteiger charge is 2.21. The second-order valence-electron chi connectivity index (χ2n) is 4.80. The van der Waals surface area contributed by atoms with Gasteiger partial charge in [0.15, 0.2) is 0 Å². The van der Waals surface area contributed by atoms with Gasteiger partial charge in [0.05, 0.1) is 4.92 Å². The molecule has 1 unspecified atom stereocenters. The van der Waals surface area contributed by atoms with Crippen molar-refractivity contribution in [3.8, 4) is 0 Å². The van der Waals surface area contributed by atoms with Crippen LogP contribution in [0.1, 0.15) is 36.5 Å². The molecule has 7 heteroatoms. The van der Waals surface area contributed by atoms with Gasteiger partial charge in [-0.2, -0.15) is 0 Å². The van der Waals surface area contributed by atoms with Crippen LogP contribution in [0.25, 0.3) is 0 Å². The summed E-state index contributed by atoms with van der Waals surface area (Å²) in [5.41, 5.74) is -0.720. The lowest BCUT2D eigenvalue weighted by Gasteiger charge is -2.15. The van der Waals surface area contributed by atoms with E-state index < -0.39 is 22.3 Å². The van der Waals surface area contributed by atoms with E-state index >= 15 is 0 Å². The van der Waals surface area contributed by atoms with E-state index in [4.69, 9.17) is 5.11 Å². The lowest BCUT2D eigenvalue weighted by atomic mass is 10.00. The van der Waals surface area contributed by atoms with E-state index in [1.165, 1.54) is 0 Å². The largest absolute Gasteiger partial charge is 0.396 e. The van der Waals surface area contributed by atoms with Crippen molar-refractivity contribution in [3.63, 3.8) is 0 Å². The third kappa shape index (κ3) is 5.11. The molecule has 0 fully saturated rings. The van der Waals surface area contributed by atoms with Crippen molar-refractivity contribution in [1.82, 2.24) is 5.32 Å². The lowest BCUT2D eigenvalue weighted by molar-refractivity contribution is -0.385. The van der Waals surface area contributed by atoms with Gasteiger partial charge in [0.2, 0.25) is 0 Å². The monoisotopic (exact) mass is 298 g/mol. The van der Waals surface area contributed by atoms with Crippen molar-refractivity contribution in [3.05, 3.63) is 39.7 Å². The zero-order chi connectivity index (χ0) is 15.8. The number of rotatable bonds is 8. The third-order valence-corrected chi connectivity index (χ3v) is 3.19. The van der Waals surface area contributed by atoms with Crippen LogP contribution in [0.4, 0.5) is 10.1 Å². The van der Waals surface area contributed by atoms with E-state index in [1.807, 2.05) is 6.92 Å². The van der Waals surface area contributed by atoms with Crippen molar-refractivity contribution in [2.24, 2.45) is 5.92 Å². The van der Waals surface area contributed by atoms with Crippen LogP contribution >= 0.6 is 0 Å². The Kier molecular flexibility index (Phi) is 6.74. The summed E-state index contributed by atoms with van der Waals surface area (Å²) in [6.07, 6.45) is 2.27. The van der Waals surface area contributed by atoms with Crippen LogP contribution in [-0.2, 0) is 0 Å². The second-order valence-corrected chi connectivity index (χ2v) is 4.80. The molecule has 116 valence electrons. The third-order valence-electron chi connectivity index (χ3n) is 3.19. The lowest BCUT2D eigenvalue weighted by Crippen LogP contribution is -2.30. The van der Waals surface area contributed by atoms with Gasteiger partial charge in [-0.3, -0.25) is 14.9 Å². The Bertz CT molecular complexity index is 502. The maximum absolute atomic E-state index is 13.2. The Labute approximate surface area is 122 Å². The molecule has 0 radical (unpaired) electrons. The fraction of sp³-hybridized carbons (Fsp3) is 0.500. The number of nitrogens with one attached hydrogen (secondary N) is 1. The molecule has 1 atom stereocenters. The van der Waals surface area contributed by atoms with Gasteiger partial charge >= 0.3 is 0 Å². The van der Waals surface area contributed by atoms with E-state index in [0.29, 0.717) is 13.0 Å². The molecule has 1 amide bonds. The fourth-order valence-corrected chi connectivity index (χ4v) is 2.12. The zero-order valence-corrected chi connectivity index (χ0v) is 11.8. The van der Waals surface area contributed by atoms with Gasteiger partial charge in [-0.25, -0.2) is 4.39 Å². The minimum absolute atomic E-state index is 0.0145. The van der Waals surface area contributed by atoms with Crippen molar-refractivity contribution in [1.29, 1.82) is 0 Å². The molecule has 2 N–H and O–H groups in total. The van der Waals surface area contributed by atoms with Gasteiger partial charge in [0, 0.05) is 19.2 Å². The number of nitro benzene ring substituents is 1. The smallest absolute Gasteiger partial charge is 0.282 e. The van der Waals surface area contributed by atoms with E-state index in [2.05, 4.69) is 5.32 Å². The predicted molar refractivity (Wildman–Crippen MR) is 75.5 cm³/mol. The minimum atomic E-state index is -0.717. The maximum atomic E-state index is 13.2. The van der Waals surface area contributed by atoms with Crippen LogP contribution in [-0.4, -0.2) is 29.1 Å². The van der Waals surface area contributed by atoms with Crippen LogP contribution in [0.2, 0.25) is 0 Å². The standard InChI is InChI=1S/C14H19FN2O4/c1-2-3-10(6-7-18)9-16-14(19)12-8-11(15)4-5-13(12)17(20)21/h4-5,8,10,18H,2-3,6-7,9H2,1H3,(H,16,19). The van der Waals surface area contributed by atoms with Gasteiger partial charge in [-0.15, -0.1) is 0 Å². The van der Waals surface area contributed by atoms with E-state index in [9.17, 15) is 19.3 Å². The molecule has 0 saturated heterocycles. The fourth-order valence-electron chi connectivity index (χ4n) is 2.12. The average Bonchev–Trinajstić information content (AvgIpc) is 2.44. The van der Waals surface area contributed by atoms with Crippen LogP contribution < -0.4 is 5.32 Å². The van der Waals surface area contributed by atoms with E-state index in [-0.39, 0.29) is 18.1 Å². The number of amides is 1. The predicted octanol–water partition coefficient (Wildman–Crippen LogP) is 2.26. The maximum Gasteiger partial charge on any atom is 0.282 e. The van der Waals surface area contributed by atoms with Crippen LogP contribution in [0.5, 0.6) is 0 Å². The number of hydrogen-bond acceptors (Lipinski definition) is 4. The quantitative estimate of drug-likeness (QED) is 0.568. The van der Waals surface area contributed by atoms with Crippen LogP contribution in [0.15, 0.2) is 18.2 Å². The minimum Gasteiger partial charge on any atom is -0.396 e. The highest BCUT2D eigenvalue weighted by atomic mass is 19.1. The average molecular weight is 298 g/mol. The van der Waals surface area contributed by atoms with Crippen molar-refractivity contribution in [2.75, 3.05) is 13.2 Å². The first-order valence-electron chi connectivity index (χ1n) is 6.82. The molecular weight excluding hydrogens is 279 g/mol. The number of aliphatic hydroxyl groups is 1. The number of nitrogens with zero attached hydrogens (tertiary/aromatic N) is 1. The summed E-state index contributed by atoms with van der Waals surface area (Å²) in [5.74, 6) is -1.29. The van der Waals surface area contributed by atoms with Gasteiger partial charge in [0.1, 0.15) is 11.4 Å². The zero-order valence-electron chi connectivity index (χ0n) is 11.8. The summed E-state index contributed by atoms with van der Waals surface area (Å²) in [5, 5.41) is 22.4. The summed E-state index contributed by atoms with van der Waals surface area (Å²) < 4.78 is 13.2. The van der Waals surface area contributed by atoms with Gasteiger partial charge in [0.25, 0.3) is 11.6 Å². The van der Waals surface area contributed by atoms with Crippen molar-refractivity contribution < 1.29 is 19.2 Å². The van der Waals surface area contributed by atoms with Gasteiger partial charge in [-0.05, 0) is 30.9 Å². The molecule has 0 spiro atoms. The Morgan fingerprint density at radius 1 is 1.48 bits per heavy atom. The van der Waals surface area contributed by atoms with Gasteiger partial charge in [-0.1, -0.05) is 13.3 Å². The summed E-state index contributed by atoms with van der Waals surface area (Å²) in [4.78, 5) is 22.1. The highest BCUT2D eigenvalue weighted by Crippen LogP contribution is 2.19. The molecule has 1 rings (SSSR count). The SMILES string of the molecule is CCCC(CCO)CNC(=O)c1cc(F)ccc1[N+](=O)[O-]. The number of carbonyl (C=O) groups is 1. The van der Waals surface area contributed by atoms with Crippen LogP contribution in [0.3, 0.4) is 0 Å². The number of carbonyl (C=O) groups excluding carboxylic acids is 1. The number of nitro groups is 1. The Morgan fingerprint density at radius 2 is 2.19 bits per heavy atom. The first-order valence-corrected chi connectivity index (χ1v) is 6.82. The first kappa shape index (κ1) is 17.0. The first-order chi connectivity index (χ1) is 9.99. The molecule has 21 heavy (non-hydrogen) atoms. The molecule has 0 saturated carbocycles. The Morgan fingerprint density at radius 3 is 2.76 bits per heavy atom. The van der Waals surface area contributed by atoms with E-state index in [0.717, 1.165) is 31.0 Å². The topological polar surface area (TPSA) is 92.5 Å². The summed E-state index contributed by atoms with van der Waals surface area (Å²) >= 11 is 0. The number of benzene rings is 1. The number of halogens is 1. The molecule has 1 aromatic carbocycles. The summed E-state index contributed by atoms with van der Waals surface area (Å²) in [7, 11) is 0. The molecule has 0 heterocycles. The van der Waals surface area contributed by atoms with E-state index in [1.54, 1.807) is 0 Å². The molecule has 0 aliphatic heterocycles. The highest BCUT2D eigenvalue weighted by molar-refractivity contribution is 5.98.